The van der Waals surface area contributed by atoms with E-state index in [1.165, 1.54) is 0 Å². The van der Waals surface area contributed by atoms with Crippen LogP contribution < -0.4 is 15.5 Å². The smallest absolute Gasteiger partial charge is 0.291 e. The van der Waals surface area contributed by atoms with Crippen LogP contribution in [0.4, 0.5) is 5.69 Å². The van der Waals surface area contributed by atoms with Gasteiger partial charge in [0.1, 0.15) is 11.5 Å². The van der Waals surface area contributed by atoms with Gasteiger partial charge in [0.2, 0.25) is 0 Å². The number of anilines is 1. The lowest BCUT2D eigenvalue weighted by molar-refractivity contribution is 0.0955. The Bertz CT molecular complexity index is 1460. The summed E-state index contributed by atoms with van der Waals surface area (Å²) in [6.07, 6.45) is 2.20. The number of nitrogens with one attached hydrogen (secondary N) is 2. The minimum absolute atomic E-state index is 0.232. The van der Waals surface area contributed by atoms with Crippen LogP contribution in [0.2, 0.25) is 0 Å². The molecule has 0 bridgehead atoms. The quantitative estimate of drug-likeness (QED) is 0.381. The molecule has 0 aliphatic heterocycles. The molecule has 5 rings (SSSR count). The normalized spacial score (nSPS) is 13.9. The molecule has 3 aromatic carbocycles. The number of hydrogen-bond donors (Lipinski definition) is 2. The predicted molar refractivity (Wildman–Crippen MR) is 135 cm³/mol. The molecule has 0 unspecified atom stereocenters. The molecule has 1 heterocycles. The van der Waals surface area contributed by atoms with E-state index < -0.39 is 0 Å². The second kappa shape index (κ2) is 9.46. The number of amides is 2. The Hall–Kier alpha value is -4.39. The second-order valence-electron chi connectivity index (χ2n) is 8.39. The minimum Gasteiger partial charge on any atom is -0.495 e. The summed E-state index contributed by atoms with van der Waals surface area (Å²) in [5.41, 5.74) is 6.03. The number of carbonyl (C=O) groups excluding carboxylic acids is 2. The third kappa shape index (κ3) is 4.28. The molecule has 0 fully saturated rings. The van der Waals surface area contributed by atoms with Gasteiger partial charge in [0.05, 0.1) is 18.5 Å². The molecule has 7 heteroatoms. The van der Waals surface area contributed by atoms with E-state index in [1.54, 1.807) is 25.3 Å². The number of hydrazone groups is 1. The van der Waals surface area contributed by atoms with E-state index in [0.29, 0.717) is 46.9 Å². The van der Waals surface area contributed by atoms with E-state index in [1.807, 2.05) is 55.5 Å². The number of rotatable bonds is 5. The standard InChI is InChI=1S/C28H25N3O4/c1-17-25-22(30-31-27(32)20-12-7-10-18-9-3-4-11-19(18)20)14-8-16-24(25)35-26(17)28(33)29-21-13-5-6-15-23(21)34-2/h3-7,9-13,15H,8,14,16H2,1-2H3,(H,29,33)(H,31,32)/b30-22+. The molecule has 1 aliphatic rings. The van der Waals surface area contributed by atoms with Crippen LogP contribution in [-0.4, -0.2) is 24.6 Å². The highest BCUT2D eigenvalue weighted by Crippen LogP contribution is 2.31. The van der Waals surface area contributed by atoms with Crippen LogP contribution in [0.3, 0.4) is 0 Å². The van der Waals surface area contributed by atoms with Crippen molar-refractivity contribution >= 4 is 34.0 Å². The molecule has 35 heavy (non-hydrogen) atoms. The van der Waals surface area contributed by atoms with Crippen LogP contribution in [-0.2, 0) is 6.42 Å². The van der Waals surface area contributed by atoms with E-state index in [-0.39, 0.29) is 17.6 Å². The summed E-state index contributed by atoms with van der Waals surface area (Å²) in [6, 6.07) is 20.6. The van der Waals surface area contributed by atoms with Crippen LogP contribution >= 0.6 is 0 Å². The fourth-order valence-corrected chi connectivity index (χ4v) is 4.53. The third-order valence-electron chi connectivity index (χ3n) is 6.21. The first-order valence-electron chi connectivity index (χ1n) is 11.5. The maximum atomic E-state index is 13.0. The highest BCUT2D eigenvalue weighted by Gasteiger charge is 2.28. The summed E-state index contributed by atoms with van der Waals surface area (Å²) in [6.45, 7) is 1.84. The van der Waals surface area contributed by atoms with Crippen LogP contribution in [0.5, 0.6) is 5.75 Å². The fourth-order valence-electron chi connectivity index (χ4n) is 4.53. The van der Waals surface area contributed by atoms with Crippen LogP contribution in [0.15, 0.2) is 76.2 Å². The molecule has 1 aromatic heterocycles. The van der Waals surface area contributed by atoms with Gasteiger partial charge < -0.3 is 14.5 Å². The van der Waals surface area contributed by atoms with E-state index in [4.69, 9.17) is 9.15 Å². The molecule has 0 atom stereocenters. The van der Waals surface area contributed by atoms with Crippen molar-refractivity contribution in [2.75, 3.05) is 12.4 Å². The van der Waals surface area contributed by atoms with Gasteiger partial charge >= 0.3 is 0 Å². The van der Waals surface area contributed by atoms with Gasteiger partial charge in [0, 0.05) is 23.1 Å². The molecule has 2 amide bonds. The predicted octanol–water partition coefficient (Wildman–Crippen LogP) is 5.47. The second-order valence-corrected chi connectivity index (χ2v) is 8.39. The highest BCUT2D eigenvalue weighted by molar-refractivity contribution is 6.11. The molecule has 1 aliphatic carbocycles. The van der Waals surface area contributed by atoms with Crippen molar-refractivity contribution in [3.63, 3.8) is 0 Å². The molecule has 2 N–H and O–H groups in total. The molecule has 4 aromatic rings. The summed E-state index contributed by atoms with van der Waals surface area (Å²) in [5.74, 6) is 0.860. The number of carbonyl (C=O) groups is 2. The van der Waals surface area contributed by atoms with E-state index >= 15 is 0 Å². The van der Waals surface area contributed by atoms with Gasteiger partial charge in [-0.1, -0.05) is 48.5 Å². The molecule has 0 spiro atoms. The van der Waals surface area contributed by atoms with Crippen LogP contribution in [0, 0.1) is 6.92 Å². The highest BCUT2D eigenvalue weighted by atomic mass is 16.5. The maximum absolute atomic E-state index is 13.0. The van der Waals surface area contributed by atoms with Crippen molar-refractivity contribution in [2.45, 2.75) is 26.2 Å². The SMILES string of the molecule is COc1ccccc1NC(=O)c1oc2c(c1C)/C(=N/NC(=O)c1cccc3ccccc13)CCC2. The van der Waals surface area contributed by atoms with Gasteiger partial charge in [0.25, 0.3) is 11.8 Å². The average Bonchev–Trinajstić information content (AvgIpc) is 3.24. The Morgan fingerprint density at radius 3 is 2.57 bits per heavy atom. The molecule has 176 valence electrons. The molecule has 0 saturated carbocycles. The lowest BCUT2D eigenvalue weighted by Gasteiger charge is -2.13. The average molecular weight is 468 g/mol. The Kier molecular flexibility index (Phi) is 6.06. The van der Waals surface area contributed by atoms with Gasteiger partial charge in [-0.3, -0.25) is 9.59 Å². The Morgan fingerprint density at radius 2 is 1.71 bits per heavy atom. The molecular weight excluding hydrogens is 442 g/mol. The number of nitrogens with zero attached hydrogens (tertiary/aromatic N) is 1. The zero-order chi connectivity index (χ0) is 24.4. The number of hydrogen-bond acceptors (Lipinski definition) is 5. The topological polar surface area (TPSA) is 92.9 Å². The molecule has 7 nitrogen and oxygen atoms in total. The van der Waals surface area contributed by atoms with Gasteiger partial charge in [-0.25, -0.2) is 5.43 Å². The van der Waals surface area contributed by atoms with Crippen LogP contribution in [0.25, 0.3) is 10.8 Å². The minimum atomic E-state index is -0.361. The largest absolute Gasteiger partial charge is 0.495 e. The first-order chi connectivity index (χ1) is 17.1. The monoisotopic (exact) mass is 467 g/mol. The Morgan fingerprint density at radius 1 is 0.943 bits per heavy atom. The number of furan rings is 1. The lowest BCUT2D eigenvalue weighted by atomic mass is 9.93. The molecular formula is C28H25N3O4. The van der Waals surface area contributed by atoms with Crippen molar-refractivity contribution in [3.8, 4) is 5.75 Å². The summed E-state index contributed by atoms with van der Waals surface area (Å²) < 4.78 is 11.3. The van der Waals surface area contributed by atoms with Crippen molar-refractivity contribution in [1.29, 1.82) is 0 Å². The number of aryl methyl sites for hydroxylation is 1. The number of para-hydroxylation sites is 2. The first-order valence-corrected chi connectivity index (χ1v) is 11.5. The van der Waals surface area contributed by atoms with Gasteiger partial charge in [-0.15, -0.1) is 0 Å². The van der Waals surface area contributed by atoms with Crippen molar-refractivity contribution in [3.05, 3.63) is 94.9 Å². The zero-order valence-corrected chi connectivity index (χ0v) is 19.6. The van der Waals surface area contributed by atoms with Crippen molar-refractivity contribution in [1.82, 2.24) is 5.43 Å². The van der Waals surface area contributed by atoms with Gasteiger partial charge in [0.15, 0.2) is 5.76 Å². The molecule has 0 saturated heterocycles. The van der Waals surface area contributed by atoms with Gasteiger partial charge in [-0.05, 0) is 48.7 Å². The first kappa shape index (κ1) is 22.4. The number of fused-ring (bicyclic) bond motifs is 2. The van der Waals surface area contributed by atoms with Crippen molar-refractivity contribution < 1.29 is 18.7 Å². The fraction of sp³-hybridized carbons (Fsp3) is 0.179. The van der Waals surface area contributed by atoms with E-state index in [2.05, 4.69) is 15.8 Å². The summed E-state index contributed by atoms with van der Waals surface area (Å²) in [4.78, 5) is 26.0. The summed E-state index contributed by atoms with van der Waals surface area (Å²) in [7, 11) is 1.55. The Labute approximate surface area is 202 Å². The number of ether oxygens (including phenoxy) is 1. The summed E-state index contributed by atoms with van der Waals surface area (Å²) >= 11 is 0. The zero-order valence-electron chi connectivity index (χ0n) is 19.6. The third-order valence-corrected chi connectivity index (χ3v) is 6.21. The molecule has 0 radical (unpaired) electrons. The van der Waals surface area contributed by atoms with E-state index in [9.17, 15) is 9.59 Å². The van der Waals surface area contributed by atoms with Crippen LogP contribution in [0.1, 0.15) is 50.6 Å². The lowest BCUT2D eigenvalue weighted by Crippen LogP contribution is -2.22. The number of benzene rings is 3. The number of methoxy groups -OCH3 is 1. The Balaban J connectivity index is 1.41. The summed E-state index contributed by atoms with van der Waals surface area (Å²) in [5, 5.41) is 9.18. The maximum Gasteiger partial charge on any atom is 0.291 e. The van der Waals surface area contributed by atoms with Crippen molar-refractivity contribution in [2.24, 2.45) is 5.10 Å². The van der Waals surface area contributed by atoms with E-state index in [0.717, 1.165) is 22.8 Å². The van der Waals surface area contributed by atoms with Gasteiger partial charge in [-0.2, -0.15) is 5.10 Å².